The van der Waals surface area contributed by atoms with Gasteiger partial charge in [0.05, 0.1) is 23.6 Å². The van der Waals surface area contributed by atoms with Crippen molar-refractivity contribution in [3.05, 3.63) is 45.6 Å². The van der Waals surface area contributed by atoms with E-state index in [1.807, 2.05) is 4.90 Å². The highest BCUT2D eigenvalue weighted by atomic mass is 19.4. The lowest BCUT2D eigenvalue weighted by molar-refractivity contribution is -0.384. The fourth-order valence-electron chi connectivity index (χ4n) is 2.90. The molecule has 0 unspecified atom stereocenters. The Kier molecular flexibility index (Phi) is 5.28. The van der Waals surface area contributed by atoms with Crippen molar-refractivity contribution in [2.45, 2.75) is 19.3 Å². The highest BCUT2D eigenvalue weighted by Gasteiger charge is 2.34. The molecule has 9 nitrogen and oxygen atoms in total. The highest BCUT2D eigenvalue weighted by Crippen LogP contribution is 2.36. The third kappa shape index (κ3) is 4.34. The van der Waals surface area contributed by atoms with Gasteiger partial charge in [0, 0.05) is 32.2 Å². The maximum Gasteiger partial charge on any atom is 0.416 e. The van der Waals surface area contributed by atoms with Gasteiger partial charge in [-0.25, -0.2) is 0 Å². The number of nitro groups is 1. The van der Waals surface area contributed by atoms with Crippen molar-refractivity contribution in [3.8, 4) is 0 Å². The Balaban J connectivity index is 1.69. The minimum absolute atomic E-state index is 0.151. The average molecular weight is 386 g/mol. The van der Waals surface area contributed by atoms with E-state index in [0.29, 0.717) is 50.5 Å². The molecule has 3 rings (SSSR count). The summed E-state index contributed by atoms with van der Waals surface area (Å²) < 4.78 is 43.4. The smallest absolute Gasteiger partial charge is 0.363 e. The molecule has 12 heteroatoms. The molecule has 0 saturated carbocycles. The first kappa shape index (κ1) is 19.0. The molecule has 0 atom stereocenters. The van der Waals surface area contributed by atoms with Gasteiger partial charge in [0.2, 0.25) is 5.89 Å². The Labute approximate surface area is 151 Å². The van der Waals surface area contributed by atoms with Crippen LogP contribution in [0.3, 0.4) is 0 Å². The fraction of sp³-hybridized carbons (Fsp3) is 0.467. The number of nitro benzene ring substituents is 1. The molecule has 0 amide bonds. The number of hydrogen-bond acceptors (Lipinski definition) is 8. The van der Waals surface area contributed by atoms with Crippen LogP contribution in [-0.2, 0) is 19.3 Å². The van der Waals surface area contributed by atoms with Crippen LogP contribution < -0.4 is 10.6 Å². The van der Waals surface area contributed by atoms with Gasteiger partial charge in [-0.3, -0.25) is 15.0 Å². The monoisotopic (exact) mass is 386 g/mol. The predicted octanol–water partition coefficient (Wildman–Crippen LogP) is 1.78. The molecule has 0 aliphatic carbocycles. The number of benzene rings is 1. The summed E-state index contributed by atoms with van der Waals surface area (Å²) in [4.78, 5) is 18.3. The molecule has 1 aliphatic rings. The van der Waals surface area contributed by atoms with Gasteiger partial charge < -0.3 is 15.2 Å². The Hall–Kier alpha value is -2.73. The Morgan fingerprint density at radius 2 is 1.96 bits per heavy atom. The number of piperazine rings is 1. The molecule has 1 saturated heterocycles. The molecule has 1 aromatic heterocycles. The summed E-state index contributed by atoms with van der Waals surface area (Å²) in [6, 6.07) is 2.60. The molecular formula is C15H17F3N6O3. The zero-order valence-corrected chi connectivity index (χ0v) is 14.1. The Morgan fingerprint density at radius 3 is 2.52 bits per heavy atom. The first-order valence-corrected chi connectivity index (χ1v) is 8.12. The Bertz CT molecular complexity index is 817. The van der Waals surface area contributed by atoms with Crippen LogP contribution in [0.4, 0.5) is 24.5 Å². The second-order valence-corrected chi connectivity index (χ2v) is 6.03. The molecule has 2 heterocycles. The summed E-state index contributed by atoms with van der Waals surface area (Å²) in [6.45, 7) is 2.53. The number of aromatic nitrogens is 2. The third-order valence-electron chi connectivity index (χ3n) is 4.26. The number of nitrogens with zero attached hydrogens (tertiary/aromatic N) is 5. The predicted molar refractivity (Wildman–Crippen MR) is 87.8 cm³/mol. The van der Waals surface area contributed by atoms with Gasteiger partial charge in [-0.1, -0.05) is 5.16 Å². The molecule has 1 aromatic carbocycles. The molecular weight excluding hydrogens is 369 g/mol. The number of nitrogens with two attached hydrogens (primary N) is 1. The second kappa shape index (κ2) is 7.48. The number of alkyl halides is 3. The van der Waals surface area contributed by atoms with Gasteiger partial charge in [-0.15, -0.1) is 0 Å². The van der Waals surface area contributed by atoms with Crippen molar-refractivity contribution < 1.29 is 22.6 Å². The van der Waals surface area contributed by atoms with Crippen molar-refractivity contribution in [2.75, 3.05) is 31.1 Å². The maximum atomic E-state index is 12.8. The van der Waals surface area contributed by atoms with Crippen LogP contribution in [0.25, 0.3) is 0 Å². The summed E-state index contributed by atoms with van der Waals surface area (Å²) >= 11 is 0. The van der Waals surface area contributed by atoms with E-state index in [1.54, 1.807) is 4.90 Å². The van der Waals surface area contributed by atoms with Crippen molar-refractivity contribution in [1.82, 2.24) is 15.0 Å². The fourth-order valence-corrected chi connectivity index (χ4v) is 2.90. The van der Waals surface area contributed by atoms with Crippen molar-refractivity contribution in [3.63, 3.8) is 0 Å². The van der Waals surface area contributed by atoms with E-state index in [0.717, 1.165) is 12.1 Å². The number of halogens is 3. The number of hydrogen-bond donors (Lipinski definition) is 1. The molecule has 27 heavy (non-hydrogen) atoms. The molecule has 0 bridgehead atoms. The van der Waals surface area contributed by atoms with Gasteiger partial charge in [-0.05, 0) is 12.1 Å². The Morgan fingerprint density at radius 1 is 1.26 bits per heavy atom. The summed E-state index contributed by atoms with van der Waals surface area (Å²) in [6.07, 6.45) is -4.63. The van der Waals surface area contributed by atoms with Gasteiger partial charge in [-0.2, -0.15) is 18.2 Å². The minimum atomic E-state index is -4.63. The second-order valence-electron chi connectivity index (χ2n) is 6.03. The van der Waals surface area contributed by atoms with E-state index in [9.17, 15) is 23.3 Å². The van der Waals surface area contributed by atoms with Crippen molar-refractivity contribution in [2.24, 2.45) is 5.73 Å². The quantitative estimate of drug-likeness (QED) is 0.611. The lowest BCUT2D eigenvalue weighted by Crippen LogP contribution is -2.46. The standard InChI is InChI=1S/C15H17F3N6O3/c16-15(17,18)10-1-2-11(12(7-10)24(25)26)23-5-3-22(4-6-23)9-13-20-14(8-19)27-21-13/h1-2,7H,3-6,8-9,19H2. The maximum absolute atomic E-state index is 12.8. The van der Waals surface area contributed by atoms with Crippen LogP contribution in [0.2, 0.25) is 0 Å². The van der Waals surface area contributed by atoms with Crippen LogP contribution in [0.5, 0.6) is 0 Å². The highest BCUT2D eigenvalue weighted by molar-refractivity contribution is 5.65. The van der Waals surface area contributed by atoms with Crippen LogP contribution in [0.15, 0.2) is 22.7 Å². The number of anilines is 1. The van der Waals surface area contributed by atoms with E-state index in [-0.39, 0.29) is 12.2 Å². The molecule has 2 aromatic rings. The largest absolute Gasteiger partial charge is 0.416 e. The topological polar surface area (TPSA) is 115 Å². The normalized spacial score (nSPS) is 15.9. The summed E-state index contributed by atoms with van der Waals surface area (Å²) in [7, 11) is 0. The lowest BCUT2D eigenvalue weighted by atomic mass is 10.1. The number of rotatable bonds is 5. The van der Waals surface area contributed by atoms with Gasteiger partial charge in [0.25, 0.3) is 5.69 Å². The van der Waals surface area contributed by atoms with Crippen LogP contribution in [0, 0.1) is 10.1 Å². The zero-order valence-electron chi connectivity index (χ0n) is 14.1. The van der Waals surface area contributed by atoms with Crippen molar-refractivity contribution in [1.29, 1.82) is 0 Å². The van der Waals surface area contributed by atoms with E-state index in [1.165, 1.54) is 0 Å². The van der Waals surface area contributed by atoms with Gasteiger partial charge in [0.15, 0.2) is 5.82 Å². The van der Waals surface area contributed by atoms with Gasteiger partial charge in [0.1, 0.15) is 5.69 Å². The molecule has 0 radical (unpaired) electrons. The molecule has 0 spiro atoms. The molecule has 1 fully saturated rings. The molecule has 1 aliphatic heterocycles. The van der Waals surface area contributed by atoms with Gasteiger partial charge >= 0.3 is 6.18 Å². The minimum Gasteiger partial charge on any atom is -0.363 e. The van der Waals surface area contributed by atoms with E-state index < -0.39 is 22.4 Å². The van der Waals surface area contributed by atoms with E-state index in [4.69, 9.17) is 10.3 Å². The first-order chi connectivity index (χ1) is 12.8. The van der Waals surface area contributed by atoms with Crippen molar-refractivity contribution >= 4 is 11.4 Å². The molecule has 2 N–H and O–H groups in total. The lowest BCUT2D eigenvalue weighted by Gasteiger charge is -2.35. The average Bonchev–Trinajstić information content (AvgIpc) is 3.08. The third-order valence-corrected chi connectivity index (χ3v) is 4.26. The summed E-state index contributed by atoms with van der Waals surface area (Å²) in [5, 5.41) is 15.1. The zero-order chi connectivity index (χ0) is 19.6. The summed E-state index contributed by atoms with van der Waals surface area (Å²) in [5.41, 5.74) is 4.00. The first-order valence-electron chi connectivity index (χ1n) is 8.12. The van der Waals surface area contributed by atoms with Crippen LogP contribution in [-0.4, -0.2) is 46.1 Å². The van der Waals surface area contributed by atoms with E-state index >= 15 is 0 Å². The van der Waals surface area contributed by atoms with Crippen LogP contribution >= 0.6 is 0 Å². The van der Waals surface area contributed by atoms with Crippen LogP contribution in [0.1, 0.15) is 17.3 Å². The van der Waals surface area contributed by atoms with E-state index in [2.05, 4.69) is 10.1 Å². The molecule has 146 valence electrons. The SMILES string of the molecule is NCc1nc(CN2CCN(c3ccc(C(F)(F)F)cc3[N+](=O)[O-])CC2)no1. The summed E-state index contributed by atoms with van der Waals surface area (Å²) in [5.74, 6) is 0.827.